The van der Waals surface area contributed by atoms with Gasteiger partial charge >= 0.3 is 6.09 Å². The number of carbonyl (C=O) groups is 3. The lowest BCUT2D eigenvalue weighted by atomic mass is 10.2. The van der Waals surface area contributed by atoms with Crippen LogP contribution in [0.15, 0.2) is 24.3 Å². The van der Waals surface area contributed by atoms with Crippen LogP contribution in [0.2, 0.25) is 5.02 Å². The zero-order chi connectivity index (χ0) is 22.9. The largest absolute Gasteiger partial charge is 0.492 e. The minimum absolute atomic E-state index is 0.0451. The zero-order valence-electron chi connectivity index (χ0n) is 18.5. The first-order valence-electron chi connectivity index (χ1n) is 10.6. The van der Waals surface area contributed by atoms with Gasteiger partial charge in [-0.15, -0.1) is 0 Å². The molecule has 172 valence electrons. The van der Waals surface area contributed by atoms with E-state index in [0.29, 0.717) is 56.4 Å². The van der Waals surface area contributed by atoms with Gasteiger partial charge in [0.15, 0.2) is 0 Å². The Kier molecular flexibility index (Phi) is 9.43. The highest BCUT2D eigenvalue weighted by atomic mass is 35.5. The molecule has 0 aliphatic carbocycles. The lowest BCUT2D eigenvalue weighted by molar-refractivity contribution is -0.139. The molecular weight excluding hydrogens is 422 g/mol. The number of alkyl carbamates (subject to hydrolysis) is 1. The van der Waals surface area contributed by atoms with E-state index in [0.717, 1.165) is 0 Å². The molecule has 0 saturated carbocycles. The van der Waals surface area contributed by atoms with Crippen LogP contribution in [0, 0.1) is 0 Å². The second-order valence-electron chi connectivity index (χ2n) is 8.32. The van der Waals surface area contributed by atoms with Gasteiger partial charge in [0.1, 0.15) is 11.4 Å². The Morgan fingerprint density at radius 3 is 2.16 bits per heavy atom. The summed E-state index contributed by atoms with van der Waals surface area (Å²) in [6.45, 7) is 7.99. The Hall–Kier alpha value is -2.48. The van der Waals surface area contributed by atoms with Gasteiger partial charge in [0.2, 0.25) is 11.8 Å². The molecule has 8 nitrogen and oxygen atoms in total. The molecule has 0 spiro atoms. The number of hydrogen-bond acceptors (Lipinski definition) is 5. The number of benzene rings is 1. The van der Waals surface area contributed by atoms with Crippen LogP contribution in [-0.2, 0) is 14.3 Å². The number of nitrogens with zero attached hydrogens (tertiary/aromatic N) is 2. The minimum Gasteiger partial charge on any atom is -0.492 e. The number of nitrogens with one attached hydrogen (secondary N) is 1. The molecular formula is C22H32ClN3O5. The molecule has 1 heterocycles. The summed E-state index contributed by atoms with van der Waals surface area (Å²) >= 11 is 6.04. The normalized spacial score (nSPS) is 14.2. The van der Waals surface area contributed by atoms with E-state index in [1.54, 1.807) is 42.7 Å². The van der Waals surface area contributed by atoms with Gasteiger partial charge < -0.3 is 24.6 Å². The molecule has 1 aliphatic rings. The molecule has 0 radical (unpaired) electrons. The maximum Gasteiger partial charge on any atom is 0.407 e. The van der Waals surface area contributed by atoms with Crippen LogP contribution in [-0.4, -0.2) is 72.6 Å². The van der Waals surface area contributed by atoms with E-state index in [4.69, 9.17) is 21.1 Å². The van der Waals surface area contributed by atoms with Gasteiger partial charge in [-0.25, -0.2) is 4.79 Å². The molecule has 0 aromatic heterocycles. The van der Waals surface area contributed by atoms with E-state index in [1.807, 2.05) is 12.1 Å². The number of piperazine rings is 1. The van der Waals surface area contributed by atoms with Crippen LogP contribution in [0.1, 0.15) is 40.0 Å². The molecule has 0 unspecified atom stereocenters. The van der Waals surface area contributed by atoms with Crippen molar-refractivity contribution in [1.82, 2.24) is 15.1 Å². The summed E-state index contributed by atoms with van der Waals surface area (Å²) in [5.41, 5.74) is -0.572. The van der Waals surface area contributed by atoms with Gasteiger partial charge in [-0.3, -0.25) is 9.59 Å². The Morgan fingerprint density at radius 2 is 1.58 bits per heavy atom. The molecule has 2 rings (SSSR count). The van der Waals surface area contributed by atoms with Crippen LogP contribution in [0.25, 0.3) is 0 Å². The van der Waals surface area contributed by atoms with Crippen molar-refractivity contribution in [2.24, 2.45) is 0 Å². The Labute approximate surface area is 188 Å². The lowest BCUT2D eigenvalue weighted by Crippen LogP contribution is -2.51. The topological polar surface area (TPSA) is 88.2 Å². The standard InChI is InChI=1S/C22H32ClN3O5/c1-22(2,3)31-21(29)24-11-10-20(28)26-14-12-25(13-15-26)19(27)9-6-16-30-18-8-5-4-7-17(18)23/h4-5,7-8H,6,9-16H2,1-3H3,(H,24,29). The third-order valence-corrected chi connectivity index (χ3v) is 4.93. The molecule has 1 aromatic rings. The van der Waals surface area contributed by atoms with E-state index in [9.17, 15) is 14.4 Å². The first-order valence-corrected chi connectivity index (χ1v) is 10.9. The van der Waals surface area contributed by atoms with Crippen molar-refractivity contribution in [3.63, 3.8) is 0 Å². The van der Waals surface area contributed by atoms with Crippen molar-refractivity contribution in [3.05, 3.63) is 29.3 Å². The summed E-state index contributed by atoms with van der Waals surface area (Å²) in [6, 6.07) is 7.24. The van der Waals surface area contributed by atoms with E-state index >= 15 is 0 Å². The highest BCUT2D eigenvalue weighted by Gasteiger charge is 2.24. The summed E-state index contributed by atoms with van der Waals surface area (Å²) in [6.07, 6.45) is 0.652. The molecule has 1 aliphatic heterocycles. The van der Waals surface area contributed by atoms with Crippen LogP contribution in [0.4, 0.5) is 4.79 Å². The Morgan fingerprint density at radius 1 is 1.00 bits per heavy atom. The first-order chi connectivity index (χ1) is 14.7. The second kappa shape index (κ2) is 11.8. The number of para-hydroxylation sites is 1. The third-order valence-electron chi connectivity index (χ3n) is 4.62. The maximum absolute atomic E-state index is 12.4. The maximum atomic E-state index is 12.4. The van der Waals surface area contributed by atoms with Gasteiger partial charge in [-0.05, 0) is 39.3 Å². The van der Waals surface area contributed by atoms with Crippen LogP contribution in [0.5, 0.6) is 5.75 Å². The van der Waals surface area contributed by atoms with E-state index in [2.05, 4.69) is 5.32 Å². The molecule has 1 aromatic carbocycles. The second-order valence-corrected chi connectivity index (χ2v) is 8.73. The smallest absolute Gasteiger partial charge is 0.407 e. The van der Waals surface area contributed by atoms with Gasteiger partial charge in [0.05, 0.1) is 11.6 Å². The zero-order valence-corrected chi connectivity index (χ0v) is 19.2. The first kappa shape index (κ1) is 24.8. The molecule has 1 saturated heterocycles. The van der Waals surface area contributed by atoms with Crippen molar-refractivity contribution in [1.29, 1.82) is 0 Å². The van der Waals surface area contributed by atoms with Gasteiger partial charge in [-0.1, -0.05) is 23.7 Å². The van der Waals surface area contributed by atoms with Crippen LogP contribution in [0.3, 0.4) is 0 Å². The van der Waals surface area contributed by atoms with Crippen LogP contribution < -0.4 is 10.1 Å². The van der Waals surface area contributed by atoms with Crippen molar-refractivity contribution in [2.75, 3.05) is 39.3 Å². The van der Waals surface area contributed by atoms with Crippen molar-refractivity contribution < 1.29 is 23.9 Å². The van der Waals surface area contributed by atoms with Gasteiger partial charge in [0.25, 0.3) is 0 Å². The average Bonchev–Trinajstić information content (AvgIpc) is 2.71. The number of carbonyl (C=O) groups excluding carboxylic acids is 3. The number of rotatable bonds is 8. The quantitative estimate of drug-likeness (QED) is 0.611. The predicted octanol–water partition coefficient (Wildman–Crippen LogP) is 3.08. The molecule has 0 atom stereocenters. The average molecular weight is 454 g/mol. The lowest BCUT2D eigenvalue weighted by Gasteiger charge is -2.35. The molecule has 3 amide bonds. The molecule has 1 N–H and O–H groups in total. The summed E-state index contributed by atoms with van der Waals surface area (Å²) in [4.78, 5) is 39.8. The van der Waals surface area contributed by atoms with Crippen molar-refractivity contribution in [3.8, 4) is 5.75 Å². The van der Waals surface area contributed by atoms with Crippen LogP contribution >= 0.6 is 11.6 Å². The number of hydrogen-bond donors (Lipinski definition) is 1. The minimum atomic E-state index is -0.572. The number of halogens is 1. The van der Waals surface area contributed by atoms with Gasteiger partial charge in [0, 0.05) is 45.6 Å². The predicted molar refractivity (Wildman–Crippen MR) is 118 cm³/mol. The number of ether oxygens (including phenoxy) is 2. The number of amides is 3. The fraction of sp³-hybridized carbons (Fsp3) is 0.591. The molecule has 0 bridgehead atoms. The summed E-state index contributed by atoms with van der Waals surface area (Å²) in [7, 11) is 0. The highest BCUT2D eigenvalue weighted by Crippen LogP contribution is 2.23. The molecule has 1 fully saturated rings. The Balaban J connectivity index is 1.60. The summed E-state index contributed by atoms with van der Waals surface area (Å²) in [5, 5.41) is 3.14. The molecule has 9 heteroatoms. The monoisotopic (exact) mass is 453 g/mol. The highest BCUT2D eigenvalue weighted by molar-refractivity contribution is 6.32. The summed E-state index contributed by atoms with van der Waals surface area (Å²) in [5.74, 6) is 0.627. The van der Waals surface area contributed by atoms with E-state index in [-0.39, 0.29) is 24.8 Å². The van der Waals surface area contributed by atoms with Gasteiger partial charge in [-0.2, -0.15) is 0 Å². The van der Waals surface area contributed by atoms with Crippen molar-refractivity contribution in [2.45, 2.75) is 45.6 Å². The van der Waals surface area contributed by atoms with E-state index in [1.165, 1.54) is 0 Å². The fourth-order valence-electron chi connectivity index (χ4n) is 3.07. The van der Waals surface area contributed by atoms with E-state index < -0.39 is 11.7 Å². The summed E-state index contributed by atoms with van der Waals surface area (Å²) < 4.78 is 10.8. The molecule has 31 heavy (non-hydrogen) atoms. The Bertz CT molecular complexity index is 758. The third kappa shape index (κ3) is 9.04. The SMILES string of the molecule is CC(C)(C)OC(=O)NCCC(=O)N1CCN(C(=O)CCCOc2ccccc2Cl)CC1. The van der Waals surface area contributed by atoms with Crippen molar-refractivity contribution >= 4 is 29.5 Å². The fourth-order valence-corrected chi connectivity index (χ4v) is 3.26.